The number of nitrogens with two attached hydrogens (primary N) is 1. The minimum atomic E-state index is -3.60. The first-order chi connectivity index (χ1) is 8.36. The van der Waals surface area contributed by atoms with E-state index in [0.29, 0.717) is 0 Å². The van der Waals surface area contributed by atoms with Crippen molar-refractivity contribution in [3.63, 3.8) is 0 Å². The van der Waals surface area contributed by atoms with Crippen LogP contribution in [0.3, 0.4) is 0 Å². The Morgan fingerprint density at radius 3 is 2.61 bits per heavy atom. The lowest BCUT2D eigenvalue weighted by Crippen LogP contribution is -2.39. The predicted molar refractivity (Wildman–Crippen MR) is 75.0 cm³/mol. The number of nitrogens with zero attached hydrogens (tertiary/aromatic N) is 3. The highest BCUT2D eigenvalue weighted by Crippen LogP contribution is 2.23. The second-order valence-corrected chi connectivity index (χ2v) is 6.91. The van der Waals surface area contributed by atoms with Crippen LogP contribution in [0.25, 0.3) is 0 Å². The fraction of sp³-hybridized carbons (Fsp3) is 0.700. The zero-order valence-corrected chi connectivity index (χ0v) is 12.8. The van der Waals surface area contributed by atoms with Crippen molar-refractivity contribution in [1.29, 1.82) is 0 Å². The molecule has 18 heavy (non-hydrogen) atoms. The van der Waals surface area contributed by atoms with Crippen molar-refractivity contribution in [3.8, 4) is 0 Å². The second kappa shape index (κ2) is 5.94. The van der Waals surface area contributed by atoms with Gasteiger partial charge < -0.3 is 10.3 Å². The molecule has 104 valence electrons. The highest BCUT2D eigenvalue weighted by molar-refractivity contribution is 7.98. The van der Waals surface area contributed by atoms with Crippen molar-refractivity contribution in [1.82, 2.24) is 13.9 Å². The Labute approximate surface area is 113 Å². The van der Waals surface area contributed by atoms with Gasteiger partial charge in [0.15, 0.2) is 10.8 Å². The molecule has 0 saturated heterocycles. The number of aryl methyl sites for hydroxylation is 1. The maximum Gasteiger partial charge on any atom is 0.262 e. The molecule has 0 aliphatic carbocycles. The van der Waals surface area contributed by atoms with Crippen LogP contribution >= 0.6 is 11.8 Å². The van der Waals surface area contributed by atoms with Gasteiger partial charge in [0, 0.05) is 25.9 Å². The van der Waals surface area contributed by atoms with E-state index in [1.165, 1.54) is 15.2 Å². The molecule has 1 heterocycles. The number of nitrogen functional groups attached to an aromatic ring is 1. The zero-order chi connectivity index (χ0) is 13.9. The number of hydrogen-bond donors (Lipinski definition) is 1. The molecule has 1 aromatic rings. The Balaban J connectivity index is 3.14. The lowest BCUT2D eigenvalue weighted by Gasteiger charge is -2.26. The van der Waals surface area contributed by atoms with Crippen LogP contribution in [-0.2, 0) is 17.1 Å². The number of aromatic nitrogens is 2. The van der Waals surface area contributed by atoms with Crippen molar-refractivity contribution < 1.29 is 8.42 Å². The number of anilines is 1. The lowest BCUT2D eigenvalue weighted by molar-refractivity contribution is 0.382. The Kier molecular flexibility index (Phi) is 5.06. The third-order valence-corrected chi connectivity index (χ3v) is 5.64. The molecule has 2 N–H and O–H groups in total. The molecule has 0 bridgehead atoms. The summed E-state index contributed by atoms with van der Waals surface area (Å²) in [5.74, 6) is 0.799. The fourth-order valence-corrected chi connectivity index (χ4v) is 4.31. The maximum absolute atomic E-state index is 12.5. The summed E-state index contributed by atoms with van der Waals surface area (Å²) in [5, 5.41) is 0.0598. The van der Waals surface area contributed by atoms with Gasteiger partial charge in [0.2, 0.25) is 0 Å². The maximum atomic E-state index is 12.5. The van der Waals surface area contributed by atoms with Crippen LogP contribution in [0.1, 0.15) is 13.3 Å². The molecular weight excluding hydrogens is 272 g/mol. The van der Waals surface area contributed by atoms with E-state index >= 15 is 0 Å². The first-order valence-electron chi connectivity index (χ1n) is 5.60. The van der Waals surface area contributed by atoms with Crippen molar-refractivity contribution in [3.05, 3.63) is 6.33 Å². The topological polar surface area (TPSA) is 81.2 Å². The molecule has 1 unspecified atom stereocenters. The fourth-order valence-electron chi connectivity index (χ4n) is 1.76. The summed E-state index contributed by atoms with van der Waals surface area (Å²) in [6, 6.07) is -0.0423. The van der Waals surface area contributed by atoms with Gasteiger partial charge in [-0.25, -0.2) is 13.4 Å². The van der Waals surface area contributed by atoms with Gasteiger partial charge in [-0.3, -0.25) is 0 Å². The van der Waals surface area contributed by atoms with Crippen molar-refractivity contribution in [2.75, 3.05) is 24.8 Å². The molecule has 0 aromatic carbocycles. The summed E-state index contributed by atoms with van der Waals surface area (Å²) < 4.78 is 27.8. The monoisotopic (exact) mass is 292 g/mol. The highest BCUT2D eigenvalue weighted by atomic mass is 32.2. The minimum Gasteiger partial charge on any atom is -0.381 e. The minimum absolute atomic E-state index is 0.0423. The molecule has 1 aromatic heterocycles. The SMILES string of the molecule is CCC(CSC)N(C)S(=O)(=O)c1c(N)ncn1C. The summed E-state index contributed by atoms with van der Waals surface area (Å²) in [6.45, 7) is 1.97. The average molecular weight is 292 g/mol. The predicted octanol–water partition coefficient (Wildman–Crippen LogP) is 0.764. The number of thioether (sulfide) groups is 1. The van der Waals surface area contributed by atoms with Crippen LogP contribution in [0.5, 0.6) is 0 Å². The molecule has 0 fully saturated rings. The largest absolute Gasteiger partial charge is 0.381 e. The lowest BCUT2D eigenvalue weighted by atomic mass is 10.3. The summed E-state index contributed by atoms with van der Waals surface area (Å²) in [6.07, 6.45) is 4.13. The molecule has 0 radical (unpaired) electrons. The number of rotatable bonds is 6. The smallest absolute Gasteiger partial charge is 0.262 e. The van der Waals surface area contributed by atoms with Crippen LogP contribution < -0.4 is 5.73 Å². The molecule has 0 amide bonds. The van der Waals surface area contributed by atoms with Crippen molar-refractivity contribution in [2.24, 2.45) is 7.05 Å². The quantitative estimate of drug-likeness (QED) is 0.837. The van der Waals surface area contributed by atoms with E-state index in [2.05, 4.69) is 4.98 Å². The van der Waals surface area contributed by atoms with Gasteiger partial charge in [-0.15, -0.1) is 0 Å². The van der Waals surface area contributed by atoms with Crippen LogP contribution in [0.4, 0.5) is 5.82 Å². The van der Waals surface area contributed by atoms with Crippen LogP contribution in [0.2, 0.25) is 0 Å². The number of hydrogen-bond acceptors (Lipinski definition) is 5. The Morgan fingerprint density at radius 1 is 1.61 bits per heavy atom. The van der Waals surface area contributed by atoms with E-state index in [-0.39, 0.29) is 16.9 Å². The average Bonchev–Trinajstić information content (AvgIpc) is 2.65. The Bertz CT molecular complexity index is 478. The zero-order valence-electron chi connectivity index (χ0n) is 11.1. The Morgan fingerprint density at radius 2 is 2.22 bits per heavy atom. The Hall–Kier alpha value is -0.730. The molecule has 0 aliphatic rings. The van der Waals surface area contributed by atoms with E-state index in [1.807, 2.05) is 13.2 Å². The van der Waals surface area contributed by atoms with E-state index < -0.39 is 10.0 Å². The van der Waals surface area contributed by atoms with E-state index in [1.54, 1.807) is 25.9 Å². The molecule has 1 atom stereocenters. The van der Waals surface area contributed by atoms with Crippen molar-refractivity contribution in [2.45, 2.75) is 24.4 Å². The summed E-state index contributed by atoms with van der Waals surface area (Å²) >= 11 is 1.62. The van der Waals surface area contributed by atoms with Crippen molar-refractivity contribution >= 4 is 27.6 Å². The third-order valence-electron chi connectivity index (χ3n) is 2.88. The van der Waals surface area contributed by atoms with Gasteiger partial charge in [0.05, 0.1) is 6.33 Å². The molecule has 1 rings (SSSR count). The van der Waals surface area contributed by atoms with Gasteiger partial charge in [-0.2, -0.15) is 16.1 Å². The van der Waals surface area contributed by atoms with E-state index in [0.717, 1.165) is 12.2 Å². The standard InChI is InChI=1S/C10H20N4O2S2/c1-5-8(6-17-4)14(3)18(15,16)10-9(11)12-7-13(10)2/h7-8H,5-6,11H2,1-4H3. The first kappa shape index (κ1) is 15.3. The molecule has 0 spiro atoms. The van der Waals surface area contributed by atoms with Gasteiger partial charge >= 0.3 is 0 Å². The van der Waals surface area contributed by atoms with Crippen LogP contribution in [0, 0.1) is 0 Å². The second-order valence-electron chi connectivity index (χ2n) is 4.08. The van der Waals surface area contributed by atoms with Gasteiger partial charge in [0.1, 0.15) is 0 Å². The number of sulfonamides is 1. The first-order valence-corrected chi connectivity index (χ1v) is 8.43. The summed E-state index contributed by atoms with van der Waals surface area (Å²) in [7, 11) is -0.381. The highest BCUT2D eigenvalue weighted by Gasteiger charge is 2.31. The molecular formula is C10H20N4O2S2. The third kappa shape index (κ3) is 2.81. The van der Waals surface area contributed by atoms with Gasteiger partial charge in [-0.1, -0.05) is 6.92 Å². The molecule has 6 nitrogen and oxygen atoms in total. The summed E-state index contributed by atoms with van der Waals surface area (Å²) in [4.78, 5) is 3.83. The molecule has 8 heteroatoms. The van der Waals surface area contributed by atoms with Crippen LogP contribution in [0.15, 0.2) is 11.4 Å². The van der Waals surface area contributed by atoms with Gasteiger partial charge in [0.25, 0.3) is 10.0 Å². The van der Waals surface area contributed by atoms with Gasteiger partial charge in [-0.05, 0) is 12.7 Å². The van der Waals surface area contributed by atoms with E-state index in [4.69, 9.17) is 5.73 Å². The normalized spacial score (nSPS) is 14.1. The molecule has 0 aliphatic heterocycles. The molecule has 0 saturated carbocycles. The van der Waals surface area contributed by atoms with Crippen LogP contribution in [-0.4, -0.2) is 47.4 Å². The summed E-state index contributed by atoms with van der Waals surface area (Å²) in [5.41, 5.74) is 5.64. The van der Waals surface area contributed by atoms with E-state index in [9.17, 15) is 8.42 Å². The number of imidazole rings is 1.